The van der Waals surface area contributed by atoms with Gasteiger partial charge in [0, 0.05) is 11.1 Å². The summed E-state index contributed by atoms with van der Waals surface area (Å²) in [5.74, 6) is 19.9. The number of ether oxygens (including phenoxy) is 4. The van der Waals surface area contributed by atoms with Crippen molar-refractivity contribution < 1.29 is 80.5 Å². The number of halogens is 2. The summed E-state index contributed by atoms with van der Waals surface area (Å²) < 4.78 is 28.6. The van der Waals surface area contributed by atoms with Crippen molar-refractivity contribution in [2.24, 2.45) is 0 Å². The fourth-order valence-electron chi connectivity index (χ4n) is 16.2. The molecule has 2 atom stereocenters. The average Bonchev–Trinajstić information content (AvgIpc) is 1.21. The zero-order chi connectivity index (χ0) is 104. The fourth-order valence-corrected chi connectivity index (χ4v) is 29.2. The molecule has 740 valence electrons. The summed E-state index contributed by atoms with van der Waals surface area (Å²) in [4.78, 5) is 0. The number of rotatable bonds is 25. The van der Waals surface area contributed by atoms with Gasteiger partial charge in [-0.25, -0.2) is 0 Å². The van der Waals surface area contributed by atoms with E-state index in [1.165, 1.54) is 63.7 Å². The molecule has 0 spiro atoms. The molecular formula is C134H107Cl2O6Os3P4-3. The van der Waals surface area contributed by atoms with E-state index in [4.69, 9.17) is 77.1 Å². The van der Waals surface area contributed by atoms with Crippen LogP contribution in [0, 0.1) is 107 Å². The largest absolute Gasteiger partial charge is 0.0622 e. The Morgan fingerprint density at radius 1 is 0.349 bits per heavy atom. The van der Waals surface area contributed by atoms with E-state index in [0.717, 1.165) is 72.1 Å². The molecule has 2 saturated heterocycles. The van der Waals surface area contributed by atoms with Gasteiger partial charge in [-0.1, -0.05) is 364 Å². The maximum Gasteiger partial charge on any atom is -0.0134 e. The van der Waals surface area contributed by atoms with E-state index >= 15 is 0 Å². The Labute approximate surface area is 921 Å². The van der Waals surface area contributed by atoms with Crippen molar-refractivity contribution in [3.63, 3.8) is 0 Å². The van der Waals surface area contributed by atoms with E-state index in [1.54, 1.807) is 84.4 Å². The molecule has 0 bridgehead atoms. The third-order valence-electron chi connectivity index (χ3n) is 23.4. The van der Waals surface area contributed by atoms with Gasteiger partial charge in [0.2, 0.25) is 11.2 Å². The van der Waals surface area contributed by atoms with Crippen LogP contribution in [-0.4, -0.2) is 63.1 Å². The van der Waals surface area contributed by atoms with Crippen molar-refractivity contribution in [1.82, 2.24) is 0 Å². The Bertz CT molecular complexity index is 6790. The number of terminal acetylenes is 4. The number of hydrogen-bond acceptors (Lipinski definition) is 6. The van der Waals surface area contributed by atoms with Crippen LogP contribution in [0.2, 0.25) is 0 Å². The third kappa shape index (κ3) is 32.0. The van der Waals surface area contributed by atoms with Crippen molar-refractivity contribution in [3.8, 4) is 104 Å². The SMILES string of the molecule is C.C#CCOCC#CC(O)(C#C)c1ccc(-c2ccc(C(O)(C#C)C#CCOCC#C)cc2)cc1.[CH-]=C1COCC1=[C-]C(=C(C)[C]#[Os])c1ccc(-c2ccc(C([C-]=C3COCC3=[CH-])=C([C]#[Os])[P+](c3ccccc3)(c3ccccc3)c3ccccc3)cc2)cc1.[Cl][Os][Cl].c1ccc(P(c2ccccc2)c2ccccc2)cc1.c1ccc(P(c2ccccc2)c2ccccc2)cc1.c1ccc(P(c2ccccc2)c2ccccc2)cc1. The Balaban J connectivity index is 0.000000177. The van der Waals surface area contributed by atoms with Gasteiger partial charge in [0.15, 0.2) is 0 Å². The summed E-state index contributed by atoms with van der Waals surface area (Å²) in [6, 6.07) is 161. The topological polar surface area (TPSA) is 77.4 Å². The van der Waals surface area contributed by atoms with Gasteiger partial charge >= 0.3 is 377 Å². The molecule has 0 amide bonds. The monoisotopic (exact) mass is 2580 g/mol. The van der Waals surface area contributed by atoms with Crippen molar-refractivity contribution in [2.75, 3.05) is 52.9 Å². The number of allylic oxidation sites excluding steroid dienone is 6. The van der Waals surface area contributed by atoms with E-state index in [0.29, 0.717) is 43.1 Å². The van der Waals surface area contributed by atoms with Gasteiger partial charge in [-0.3, -0.25) is 0 Å². The summed E-state index contributed by atoms with van der Waals surface area (Å²) >= 11 is 2.83. The maximum atomic E-state index is 10.7. The van der Waals surface area contributed by atoms with Crippen molar-refractivity contribution >= 4 is 125 Å². The first-order chi connectivity index (χ1) is 72.6. The molecule has 16 aromatic carbocycles. The van der Waals surface area contributed by atoms with E-state index < -0.39 is 57.6 Å². The zero-order valence-corrected chi connectivity index (χ0v) is 93.8. The van der Waals surface area contributed by atoms with Crippen LogP contribution in [0.4, 0.5) is 0 Å². The van der Waals surface area contributed by atoms with Crippen molar-refractivity contribution in [2.45, 2.75) is 25.6 Å². The quantitative estimate of drug-likeness (QED) is 0.0257. The number of hydrogen-bond donors (Lipinski definition) is 2. The molecule has 0 saturated carbocycles. The maximum absolute atomic E-state index is 10.7. The molecule has 18 rings (SSSR count). The van der Waals surface area contributed by atoms with Gasteiger partial charge in [-0.15, -0.1) is 25.7 Å². The van der Waals surface area contributed by atoms with Gasteiger partial charge in [0.25, 0.3) is 0 Å². The molecular weight excluding hydrogens is 2470 g/mol. The first-order valence-electron chi connectivity index (χ1n) is 47.1. The molecule has 16 aromatic rings. The summed E-state index contributed by atoms with van der Waals surface area (Å²) in [6.07, 6.45) is 28.6. The van der Waals surface area contributed by atoms with Crippen LogP contribution in [-0.2, 0) is 81.5 Å². The van der Waals surface area contributed by atoms with Gasteiger partial charge in [-0.2, -0.15) is 0 Å². The normalized spacial score (nSPS) is 13.3. The molecule has 15 heteroatoms. The van der Waals surface area contributed by atoms with E-state index in [2.05, 4.69) is 488 Å². The van der Waals surface area contributed by atoms with E-state index in [-0.39, 0.29) is 33.9 Å². The first-order valence-corrected chi connectivity index (χ1v) is 61.7. The summed E-state index contributed by atoms with van der Waals surface area (Å²) in [5, 5.41) is 38.8. The second-order valence-corrected chi connectivity index (χ2v) is 47.9. The minimum Gasteiger partial charge on any atom is -0.0622 e. The van der Waals surface area contributed by atoms with Crippen molar-refractivity contribution in [3.05, 3.63) is 542 Å². The Hall–Kier alpha value is -13.2. The third-order valence-corrected chi connectivity index (χ3v) is 37.0. The molecule has 0 radical (unpaired) electrons. The van der Waals surface area contributed by atoms with Crippen LogP contribution >= 0.6 is 50.3 Å². The second kappa shape index (κ2) is 61.1. The summed E-state index contributed by atoms with van der Waals surface area (Å²) in [6.45, 7) is 16.9. The van der Waals surface area contributed by atoms with Crippen LogP contribution in [0.3, 0.4) is 0 Å². The summed E-state index contributed by atoms with van der Waals surface area (Å²) in [7, 11) is 5.97. The molecule has 2 fully saturated rings. The van der Waals surface area contributed by atoms with Gasteiger partial charge in [0.05, 0.1) is 0 Å². The molecule has 0 aliphatic carbocycles. The molecule has 2 unspecified atom stereocenters. The second-order valence-electron chi connectivity index (χ2n) is 32.9. The molecule has 2 aliphatic heterocycles. The Morgan fingerprint density at radius 3 is 0.792 bits per heavy atom. The Morgan fingerprint density at radius 2 is 0.577 bits per heavy atom. The molecule has 149 heavy (non-hydrogen) atoms. The van der Waals surface area contributed by atoms with Crippen LogP contribution < -0.4 is 63.7 Å². The fraction of sp³-hybridized carbons (Fsp3) is 0.0896. The summed E-state index contributed by atoms with van der Waals surface area (Å²) in [5.41, 5.74) is 9.60. The molecule has 0 aromatic heterocycles. The smallest absolute Gasteiger partial charge is 0.0134 e. The minimum atomic E-state index is -2.50. The van der Waals surface area contributed by atoms with Crippen molar-refractivity contribution in [1.29, 1.82) is 0 Å². The Kier molecular flexibility index (Phi) is 47.0. The van der Waals surface area contributed by atoms with Crippen LogP contribution in [0.5, 0.6) is 0 Å². The van der Waals surface area contributed by atoms with Crippen LogP contribution in [0.1, 0.15) is 36.6 Å². The standard InChI is InChI=1S/C49H36O2P.C30H22O4.3C18H15P.CH4.2ClH.3Os/c1-35(2)48(29-43-33-50-31-36(43)3)41-25-21-39(22-26-41)40-23-27-42(28-24-40)49(30-44-34-51-32-37(44)4)38(5)52(45-15-9-6-10-16-45,46-17-11-7-12-18-46)47-19-13-8-14-20-47;1-5-21-33-23-9-19-29(31,7-3)27-15-11-25(12-16-27)26-13-17-28(18-14-26)30(32,8-4)20-10-24-34-22-6-2;3*1-4-10-16(11-5-1)19(17-12-6-2-7-13-17)18-14-8-3-9-15-18;;;;;;/h3-4,6-28H,31-34H2,1H3;1-4,11-18,31-32H,21-24H2;3*1-15H;1H4;2*1H;;;/q-3;;;;;;;;;;+2/p-2. The molecule has 2 aliphatic rings. The minimum absolute atomic E-state index is 0. The number of benzene rings is 16. The molecule has 2 N–H and O–H groups in total. The predicted octanol–water partition coefficient (Wildman–Crippen LogP) is 23.7. The van der Waals surface area contributed by atoms with E-state index in [1.807, 2.05) is 0 Å². The predicted molar refractivity (Wildman–Crippen MR) is 621 cm³/mol. The van der Waals surface area contributed by atoms with Crippen LogP contribution in [0.15, 0.2) is 494 Å². The van der Waals surface area contributed by atoms with Crippen LogP contribution in [0.25, 0.3) is 33.4 Å². The zero-order valence-electron chi connectivity index (χ0n) is 81.1. The first kappa shape index (κ1) is 115. The van der Waals surface area contributed by atoms with Gasteiger partial charge < -0.3 is 19.7 Å². The van der Waals surface area contributed by atoms with Gasteiger partial charge in [0.1, 0.15) is 26.4 Å². The average molecular weight is 2580 g/mol. The molecule has 2 heterocycles. The van der Waals surface area contributed by atoms with E-state index in [9.17, 15) is 10.2 Å². The molecule has 6 nitrogen and oxygen atoms in total. The van der Waals surface area contributed by atoms with Gasteiger partial charge in [-0.05, 0) is 94.5 Å². The number of aliphatic hydroxyl groups is 2.